The predicted octanol–water partition coefficient (Wildman–Crippen LogP) is 2.51. The predicted molar refractivity (Wildman–Crippen MR) is 103 cm³/mol. The van der Waals surface area contributed by atoms with Gasteiger partial charge >= 0.3 is 11.8 Å². The highest BCUT2D eigenvalue weighted by Gasteiger charge is 2.35. The van der Waals surface area contributed by atoms with Crippen LogP contribution in [0.4, 0.5) is 5.69 Å². The summed E-state index contributed by atoms with van der Waals surface area (Å²) < 4.78 is 0. The van der Waals surface area contributed by atoms with Gasteiger partial charge in [-0.25, -0.2) is 0 Å². The van der Waals surface area contributed by atoms with Crippen LogP contribution in [0.15, 0.2) is 48.8 Å². The van der Waals surface area contributed by atoms with Crippen LogP contribution >= 0.6 is 0 Å². The summed E-state index contributed by atoms with van der Waals surface area (Å²) in [4.78, 5) is 42.3. The highest BCUT2D eigenvalue weighted by atomic mass is 16.2. The molecule has 1 aromatic heterocycles. The Hall–Kier alpha value is -3.22. The molecule has 0 saturated carbocycles. The number of primary amides is 1. The molecule has 1 aliphatic rings. The Bertz CT molecular complexity index is 860. The van der Waals surface area contributed by atoms with E-state index in [4.69, 9.17) is 5.73 Å². The average molecular weight is 368 g/mol. The zero-order valence-electron chi connectivity index (χ0n) is 15.1. The monoisotopic (exact) mass is 368 g/mol. The smallest absolute Gasteiger partial charge is 0.313 e. The number of likely N-dealkylation sites (tertiary alicyclic amines) is 1. The third-order valence-corrected chi connectivity index (χ3v) is 4.80. The third-order valence-electron chi connectivity index (χ3n) is 4.80. The van der Waals surface area contributed by atoms with Gasteiger partial charge in [-0.15, -0.1) is 0 Å². The van der Waals surface area contributed by atoms with E-state index in [0.29, 0.717) is 0 Å². The first kappa shape index (κ1) is 18.6. The average Bonchev–Trinajstić information content (AvgIpc) is 2.68. The Morgan fingerprint density at radius 3 is 2.63 bits per heavy atom. The van der Waals surface area contributed by atoms with Crippen LogP contribution in [-0.4, -0.2) is 33.6 Å². The minimum atomic E-state index is -0.756. The molecule has 7 heteroatoms. The number of carbonyl (C=O) groups is 3. The molecule has 27 heavy (non-hydrogen) atoms. The molecule has 0 bridgehead atoms. The van der Waals surface area contributed by atoms with Gasteiger partial charge in [0.25, 0.3) is 0 Å². The molecule has 2 aromatic rings. The van der Waals surface area contributed by atoms with Crippen LogP contribution in [0.25, 0.3) is 0 Å². The number of hydrogen-bond acceptors (Lipinski definition) is 4. The first-order chi connectivity index (χ1) is 13.0. The Morgan fingerprint density at radius 1 is 1.19 bits per heavy atom. The summed E-state index contributed by atoms with van der Waals surface area (Å²) in [5.74, 6) is -2.01. The molecule has 0 unspecified atom stereocenters. The molecule has 1 aromatic carbocycles. The van der Waals surface area contributed by atoms with Gasteiger partial charge in [0.1, 0.15) is 0 Å². The topological polar surface area (TPSA) is 105 Å². The van der Waals surface area contributed by atoms with Crippen LogP contribution in [0.3, 0.4) is 0 Å². The van der Waals surface area contributed by atoms with E-state index < -0.39 is 17.7 Å². The molecule has 3 rings (SSSR count). The molecule has 2 heterocycles. The van der Waals surface area contributed by atoms with Gasteiger partial charge < -0.3 is 16.0 Å². The lowest BCUT2D eigenvalue weighted by molar-refractivity contribution is -0.148. The fraction of sp³-hybridized carbons (Fsp3) is 0.300. The molecule has 2 atom stereocenters. The van der Waals surface area contributed by atoms with Gasteiger partial charge in [0.05, 0.1) is 23.5 Å². The number of aromatic nitrogens is 1. The van der Waals surface area contributed by atoms with E-state index in [1.807, 2.05) is 37.3 Å². The number of nitrogens with one attached hydrogen (secondary N) is 1. The van der Waals surface area contributed by atoms with E-state index in [2.05, 4.69) is 10.3 Å². The third kappa shape index (κ3) is 4.13. The minimum absolute atomic E-state index is 0. The van der Waals surface area contributed by atoms with Crippen molar-refractivity contribution in [3.8, 4) is 0 Å². The number of pyridine rings is 1. The maximum absolute atomic E-state index is 12.9. The van der Waals surface area contributed by atoms with Crippen molar-refractivity contribution in [3.05, 3.63) is 59.9 Å². The summed E-state index contributed by atoms with van der Waals surface area (Å²) in [7, 11) is 0. The normalized spacial score (nSPS) is 19.4. The maximum atomic E-state index is 12.9. The lowest BCUT2D eigenvalue weighted by Gasteiger charge is -2.40. The van der Waals surface area contributed by atoms with Crippen molar-refractivity contribution in [1.29, 1.82) is 0 Å². The molecule has 142 valence electrons. The number of carbonyl (C=O) groups excluding carboxylic acids is 3. The molecule has 0 aliphatic carbocycles. The van der Waals surface area contributed by atoms with Gasteiger partial charge in [-0.05, 0) is 37.8 Å². The summed E-state index contributed by atoms with van der Waals surface area (Å²) in [5, 5.41) is 2.53. The van der Waals surface area contributed by atoms with E-state index in [-0.39, 0.29) is 24.8 Å². The number of piperidine rings is 1. The van der Waals surface area contributed by atoms with Crippen LogP contribution < -0.4 is 11.1 Å². The lowest BCUT2D eigenvalue weighted by Crippen LogP contribution is -2.48. The highest BCUT2D eigenvalue weighted by Crippen LogP contribution is 2.34. The number of benzene rings is 1. The fourth-order valence-electron chi connectivity index (χ4n) is 3.48. The molecule has 3 amide bonds. The molecule has 1 aliphatic heterocycles. The van der Waals surface area contributed by atoms with Crippen molar-refractivity contribution in [1.82, 2.24) is 9.88 Å². The molecule has 1 fully saturated rings. The molecule has 0 spiro atoms. The molecule has 1 saturated heterocycles. The zero-order chi connectivity index (χ0) is 19.4. The largest absolute Gasteiger partial charge is 0.366 e. The second kappa shape index (κ2) is 7.99. The number of hydrogen-bond donors (Lipinski definition) is 2. The van der Waals surface area contributed by atoms with Crippen LogP contribution in [0.1, 0.15) is 49.6 Å². The number of amides is 3. The van der Waals surface area contributed by atoms with E-state index in [1.165, 1.54) is 18.5 Å². The van der Waals surface area contributed by atoms with Crippen molar-refractivity contribution in [2.45, 2.75) is 38.3 Å². The van der Waals surface area contributed by atoms with Gasteiger partial charge in [0.15, 0.2) is 0 Å². The zero-order valence-corrected chi connectivity index (χ0v) is 15.1. The van der Waals surface area contributed by atoms with Gasteiger partial charge in [-0.1, -0.05) is 30.3 Å². The molecule has 0 radical (unpaired) electrons. The Morgan fingerprint density at radius 2 is 1.93 bits per heavy atom. The van der Waals surface area contributed by atoms with Gasteiger partial charge in [0, 0.05) is 13.7 Å². The first-order valence-electron chi connectivity index (χ1n) is 8.91. The number of nitrogens with two attached hydrogens (primary N) is 1. The Balaban J connectivity index is 0.00000280. The maximum Gasteiger partial charge on any atom is 0.313 e. The van der Waals surface area contributed by atoms with Gasteiger partial charge in [-0.3, -0.25) is 19.4 Å². The van der Waals surface area contributed by atoms with Crippen LogP contribution in [0, 0.1) is 0 Å². The van der Waals surface area contributed by atoms with Crippen molar-refractivity contribution in [2.24, 2.45) is 5.73 Å². The number of rotatable bonds is 3. The minimum Gasteiger partial charge on any atom is -0.366 e. The summed E-state index contributed by atoms with van der Waals surface area (Å²) in [6, 6.07) is 10.9. The molecule has 3 N–H and O–H groups in total. The van der Waals surface area contributed by atoms with Crippen molar-refractivity contribution >= 4 is 23.4 Å². The van der Waals surface area contributed by atoms with E-state index in [0.717, 1.165) is 24.8 Å². The van der Waals surface area contributed by atoms with Crippen molar-refractivity contribution in [2.75, 3.05) is 5.32 Å². The van der Waals surface area contributed by atoms with E-state index in [1.54, 1.807) is 4.90 Å². The van der Waals surface area contributed by atoms with E-state index >= 15 is 0 Å². The molecule has 7 nitrogen and oxygen atoms in total. The number of nitrogens with zero attached hydrogens (tertiary/aromatic N) is 2. The second-order valence-corrected chi connectivity index (χ2v) is 6.70. The van der Waals surface area contributed by atoms with Crippen LogP contribution in [0.2, 0.25) is 0 Å². The van der Waals surface area contributed by atoms with Gasteiger partial charge in [0.2, 0.25) is 5.91 Å². The van der Waals surface area contributed by atoms with Crippen LogP contribution in [-0.2, 0) is 9.59 Å². The standard InChI is InChI=1S/C20H22N4O3.H2/c1-13-6-5-9-17(14-7-3-2-4-8-14)24(13)20(27)19(26)23-16-10-15(18(21)25)11-22-12-16;/h2-4,7-8,10-13,17H,5-6,9H2,1H3,(H2,21,25)(H,23,26);1H/t13-,17-;/m1./s1. The number of anilines is 1. The highest BCUT2D eigenvalue weighted by molar-refractivity contribution is 6.39. The lowest BCUT2D eigenvalue weighted by atomic mass is 9.91. The summed E-state index contributed by atoms with van der Waals surface area (Å²) in [6.07, 6.45) is 5.33. The molecular formula is C20H24N4O3. The molecular weight excluding hydrogens is 344 g/mol. The SMILES string of the molecule is C[C@@H]1CCC[C@H](c2ccccc2)N1C(=O)C(=O)Nc1cncc(C(N)=O)c1.[HH]. The van der Waals surface area contributed by atoms with Crippen molar-refractivity contribution < 1.29 is 15.8 Å². The summed E-state index contributed by atoms with van der Waals surface area (Å²) in [5.41, 5.74) is 6.66. The van der Waals surface area contributed by atoms with Gasteiger partial charge in [-0.2, -0.15) is 0 Å². The summed E-state index contributed by atoms with van der Waals surface area (Å²) in [6.45, 7) is 1.95. The Labute approximate surface area is 159 Å². The Kier molecular flexibility index (Phi) is 5.49. The summed E-state index contributed by atoms with van der Waals surface area (Å²) >= 11 is 0. The fourth-order valence-corrected chi connectivity index (χ4v) is 3.48. The first-order valence-corrected chi connectivity index (χ1v) is 8.91. The quantitative estimate of drug-likeness (QED) is 0.812. The van der Waals surface area contributed by atoms with Crippen LogP contribution in [0.5, 0.6) is 0 Å². The second-order valence-electron chi connectivity index (χ2n) is 6.70. The van der Waals surface area contributed by atoms with E-state index in [9.17, 15) is 14.4 Å². The van der Waals surface area contributed by atoms with Crippen molar-refractivity contribution in [3.63, 3.8) is 0 Å².